The number of amides is 1. The Hall–Kier alpha value is -4.38. The van der Waals surface area contributed by atoms with Gasteiger partial charge in [0.15, 0.2) is 11.5 Å². The number of carbonyl (C=O) groups is 2. The number of ether oxygens (including phenoxy) is 4. The Morgan fingerprint density at radius 1 is 1.05 bits per heavy atom. The summed E-state index contributed by atoms with van der Waals surface area (Å²) in [6.07, 6.45) is 1.54. The zero-order valence-corrected chi connectivity index (χ0v) is 24.9. The first-order chi connectivity index (χ1) is 19.6. The number of aromatic nitrogens is 2. The lowest BCUT2D eigenvalue weighted by molar-refractivity contribution is 0.0527. The molecule has 0 aliphatic carbocycles. The number of methoxy groups -OCH3 is 3. The lowest BCUT2D eigenvalue weighted by Gasteiger charge is -2.15. The van der Waals surface area contributed by atoms with Crippen molar-refractivity contribution < 1.29 is 28.5 Å². The van der Waals surface area contributed by atoms with E-state index in [1.807, 2.05) is 24.5 Å². The molecule has 0 aliphatic rings. The van der Waals surface area contributed by atoms with E-state index in [9.17, 15) is 14.4 Å². The second-order valence-electron chi connectivity index (χ2n) is 9.64. The predicted octanol–water partition coefficient (Wildman–Crippen LogP) is 5.54. The van der Waals surface area contributed by atoms with Gasteiger partial charge in [-0.3, -0.25) is 9.59 Å². The number of hydrogen-bond acceptors (Lipinski definition) is 9. The molecule has 1 amide bonds. The van der Waals surface area contributed by atoms with Crippen molar-refractivity contribution in [2.45, 2.75) is 34.2 Å². The van der Waals surface area contributed by atoms with Gasteiger partial charge in [0, 0.05) is 23.7 Å². The van der Waals surface area contributed by atoms with E-state index in [1.54, 1.807) is 52.3 Å². The average molecular weight is 580 g/mol. The molecule has 0 aliphatic heterocycles. The summed E-state index contributed by atoms with van der Waals surface area (Å²) < 4.78 is 23.2. The van der Waals surface area contributed by atoms with Crippen molar-refractivity contribution in [1.82, 2.24) is 9.55 Å². The molecule has 0 saturated heterocycles. The third-order valence-corrected chi connectivity index (χ3v) is 7.67. The Balaban J connectivity index is 1.84. The number of thiophene rings is 1. The van der Waals surface area contributed by atoms with Gasteiger partial charge in [-0.05, 0) is 55.2 Å². The van der Waals surface area contributed by atoms with Crippen LogP contribution in [0.3, 0.4) is 0 Å². The van der Waals surface area contributed by atoms with E-state index in [4.69, 9.17) is 18.9 Å². The minimum Gasteiger partial charge on any atom is -0.493 e. The molecule has 11 heteroatoms. The first kappa shape index (κ1) is 29.6. The molecule has 0 radical (unpaired) electrons. The summed E-state index contributed by atoms with van der Waals surface area (Å²) in [5.74, 6) is 0.337. The van der Waals surface area contributed by atoms with E-state index in [1.165, 1.54) is 24.6 Å². The second kappa shape index (κ2) is 12.4. The minimum absolute atomic E-state index is 0.104. The fraction of sp³-hybridized carbons (Fsp3) is 0.333. The van der Waals surface area contributed by atoms with Crippen molar-refractivity contribution in [3.8, 4) is 27.8 Å². The van der Waals surface area contributed by atoms with Gasteiger partial charge in [-0.25, -0.2) is 9.78 Å². The smallest absolute Gasteiger partial charge is 0.341 e. The molecule has 3 aromatic heterocycles. The van der Waals surface area contributed by atoms with Gasteiger partial charge in [0.1, 0.15) is 16.1 Å². The van der Waals surface area contributed by atoms with Crippen LogP contribution in [-0.2, 0) is 11.3 Å². The van der Waals surface area contributed by atoms with E-state index in [0.29, 0.717) is 29.1 Å². The molecular formula is C30H33N3O7S. The average Bonchev–Trinajstić information content (AvgIpc) is 3.28. The van der Waals surface area contributed by atoms with E-state index in [-0.39, 0.29) is 40.0 Å². The van der Waals surface area contributed by atoms with Crippen LogP contribution in [0.15, 0.2) is 41.3 Å². The third-order valence-electron chi connectivity index (χ3n) is 6.42. The van der Waals surface area contributed by atoms with E-state index in [2.05, 4.69) is 10.3 Å². The van der Waals surface area contributed by atoms with Gasteiger partial charge in [-0.2, -0.15) is 0 Å². The highest BCUT2D eigenvalue weighted by Crippen LogP contribution is 2.43. The van der Waals surface area contributed by atoms with Gasteiger partial charge in [-0.1, -0.05) is 13.8 Å². The van der Waals surface area contributed by atoms with Crippen LogP contribution >= 0.6 is 11.3 Å². The summed E-state index contributed by atoms with van der Waals surface area (Å²) in [7, 11) is 4.55. The monoisotopic (exact) mass is 579 g/mol. The summed E-state index contributed by atoms with van der Waals surface area (Å²) >= 11 is 1.21. The standard InChI is InChI=1S/C30H33N3O7S/c1-8-40-30(36)24-17(4)27(18-9-11-21(37-5)22(13-18)38-6)41-29(24)32-28(35)19-15-33(14-16(2)3)20-10-12-23(39-7)31-25(20)26(19)34/h9-13,15-16H,8,14H2,1-7H3,(H,32,35). The molecule has 1 N–H and O–H groups in total. The van der Waals surface area contributed by atoms with Crippen LogP contribution in [0.4, 0.5) is 5.00 Å². The number of anilines is 1. The Labute approximate surface area is 241 Å². The molecule has 4 rings (SSSR count). The third kappa shape index (κ3) is 5.90. The molecular weight excluding hydrogens is 546 g/mol. The fourth-order valence-corrected chi connectivity index (χ4v) is 5.72. The topological polar surface area (TPSA) is 118 Å². The number of esters is 1. The number of nitrogens with zero attached hydrogens (tertiary/aromatic N) is 2. The van der Waals surface area contributed by atoms with Crippen LogP contribution in [0.1, 0.15) is 47.1 Å². The number of hydrogen-bond donors (Lipinski definition) is 1. The maximum absolute atomic E-state index is 13.7. The molecule has 0 saturated carbocycles. The minimum atomic E-state index is -0.662. The van der Waals surface area contributed by atoms with Gasteiger partial charge >= 0.3 is 5.97 Å². The summed E-state index contributed by atoms with van der Waals surface area (Å²) in [4.78, 5) is 45.3. The summed E-state index contributed by atoms with van der Waals surface area (Å²) in [6.45, 7) is 8.28. The second-order valence-corrected chi connectivity index (χ2v) is 10.7. The van der Waals surface area contributed by atoms with E-state index >= 15 is 0 Å². The molecule has 0 spiro atoms. The number of nitrogens with one attached hydrogen (secondary N) is 1. The number of pyridine rings is 2. The highest BCUT2D eigenvalue weighted by Gasteiger charge is 2.26. The number of fused-ring (bicyclic) bond motifs is 1. The number of carbonyl (C=O) groups excluding carboxylic acids is 2. The van der Waals surface area contributed by atoms with E-state index in [0.717, 1.165) is 10.4 Å². The first-order valence-corrected chi connectivity index (χ1v) is 13.9. The van der Waals surface area contributed by atoms with Crippen molar-refractivity contribution in [1.29, 1.82) is 0 Å². The van der Waals surface area contributed by atoms with Crippen LogP contribution in [-0.4, -0.2) is 49.4 Å². The van der Waals surface area contributed by atoms with Crippen molar-refractivity contribution >= 4 is 39.2 Å². The summed E-state index contributed by atoms with van der Waals surface area (Å²) in [6, 6.07) is 8.83. The predicted molar refractivity (Wildman–Crippen MR) is 159 cm³/mol. The molecule has 1 aromatic carbocycles. The van der Waals surface area contributed by atoms with Gasteiger partial charge in [0.2, 0.25) is 11.3 Å². The van der Waals surface area contributed by atoms with Gasteiger partial charge in [-0.15, -0.1) is 11.3 Å². The maximum atomic E-state index is 13.7. The van der Waals surface area contributed by atoms with Gasteiger partial charge in [0.05, 0.1) is 39.0 Å². The summed E-state index contributed by atoms with van der Waals surface area (Å²) in [5.41, 5.74) is 1.68. The highest BCUT2D eigenvalue weighted by atomic mass is 32.1. The largest absolute Gasteiger partial charge is 0.493 e. The normalized spacial score (nSPS) is 11.0. The molecule has 0 bridgehead atoms. The Bertz CT molecular complexity index is 1670. The molecule has 0 unspecified atom stereocenters. The van der Waals surface area contributed by atoms with Crippen molar-refractivity contribution in [2.24, 2.45) is 5.92 Å². The quantitative estimate of drug-likeness (QED) is 0.243. The highest BCUT2D eigenvalue weighted by molar-refractivity contribution is 7.20. The first-order valence-electron chi connectivity index (χ1n) is 13.1. The van der Waals surface area contributed by atoms with Crippen molar-refractivity contribution in [3.05, 3.63) is 63.4 Å². The number of rotatable bonds is 10. The zero-order chi connectivity index (χ0) is 29.8. The fourth-order valence-electron chi connectivity index (χ4n) is 4.54. The van der Waals surface area contributed by atoms with Gasteiger partial charge < -0.3 is 28.8 Å². The zero-order valence-electron chi connectivity index (χ0n) is 24.1. The lowest BCUT2D eigenvalue weighted by Crippen LogP contribution is -2.25. The van der Waals surface area contributed by atoms with Crippen LogP contribution in [0.5, 0.6) is 17.4 Å². The molecule has 4 aromatic rings. The molecule has 41 heavy (non-hydrogen) atoms. The Morgan fingerprint density at radius 2 is 1.78 bits per heavy atom. The molecule has 0 atom stereocenters. The molecule has 3 heterocycles. The molecule has 0 fully saturated rings. The SMILES string of the molecule is CCOC(=O)c1c(NC(=O)c2cn(CC(C)C)c3ccc(OC)nc3c2=O)sc(-c2ccc(OC)c(OC)c2)c1C. The summed E-state index contributed by atoms with van der Waals surface area (Å²) in [5, 5.41) is 3.08. The van der Waals surface area contributed by atoms with E-state index < -0.39 is 17.3 Å². The Kier molecular flexibility index (Phi) is 8.97. The van der Waals surface area contributed by atoms with Crippen LogP contribution in [0.2, 0.25) is 0 Å². The Morgan fingerprint density at radius 3 is 2.41 bits per heavy atom. The van der Waals surface area contributed by atoms with Crippen molar-refractivity contribution in [2.75, 3.05) is 33.3 Å². The van der Waals surface area contributed by atoms with Crippen molar-refractivity contribution in [3.63, 3.8) is 0 Å². The number of benzene rings is 1. The van der Waals surface area contributed by atoms with Crippen LogP contribution in [0, 0.1) is 12.8 Å². The lowest BCUT2D eigenvalue weighted by atomic mass is 10.1. The van der Waals surface area contributed by atoms with Crippen LogP contribution < -0.4 is 25.0 Å². The molecule has 216 valence electrons. The maximum Gasteiger partial charge on any atom is 0.341 e. The van der Waals surface area contributed by atoms with Gasteiger partial charge in [0.25, 0.3) is 5.91 Å². The molecule has 10 nitrogen and oxygen atoms in total. The van der Waals surface area contributed by atoms with Crippen LogP contribution in [0.25, 0.3) is 21.5 Å².